The van der Waals surface area contributed by atoms with Gasteiger partial charge in [0.25, 0.3) is 0 Å². The number of likely N-dealkylation sites (N-methyl/N-ethyl adjacent to an activating group) is 1. The molecule has 0 spiro atoms. The second-order valence-electron chi connectivity index (χ2n) is 5.72. The van der Waals surface area contributed by atoms with Gasteiger partial charge in [0, 0.05) is 6.04 Å². The maximum absolute atomic E-state index is 3.31. The summed E-state index contributed by atoms with van der Waals surface area (Å²) in [5, 5.41) is 3.31. The van der Waals surface area contributed by atoms with Crippen LogP contribution in [-0.2, 0) is 0 Å². The first-order valence-electron chi connectivity index (χ1n) is 7.59. The first-order valence-corrected chi connectivity index (χ1v) is 7.59. The lowest BCUT2D eigenvalue weighted by molar-refractivity contribution is 0.459. The molecule has 0 heterocycles. The second-order valence-corrected chi connectivity index (χ2v) is 5.72. The molecule has 1 saturated carbocycles. The Labute approximate surface area is 112 Å². The minimum Gasteiger partial charge on any atom is -0.313 e. The molecule has 100 valence electrons. The van der Waals surface area contributed by atoms with Crippen LogP contribution in [0.3, 0.4) is 0 Å². The molecule has 0 aromatic heterocycles. The van der Waals surface area contributed by atoms with Crippen molar-refractivity contribution in [2.45, 2.75) is 57.4 Å². The number of allylic oxidation sites excluding steroid dienone is 4. The lowest BCUT2D eigenvalue weighted by Gasteiger charge is -2.16. The molecule has 2 aliphatic carbocycles. The van der Waals surface area contributed by atoms with E-state index in [2.05, 4.69) is 35.7 Å². The van der Waals surface area contributed by atoms with Crippen LogP contribution in [0.4, 0.5) is 0 Å². The Hall–Kier alpha value is -0.820. The summed E-state index contributed by atoms with van der Waals surface area (Å²) in [5.74, 6) is 0.927. The van der Waals surface area contributed by atoms with Gasteiger partial charge in [-0.2, -0.15) is 0 Å². The molecule has 1 heteroatoms. The Kier molecular flexibility index (Phi) is 5.73. The Morgan fingerprint density at radius 3 is 2.67 bits per heavy atom. The highest BCUT2D eigenvalue weighted by Gasteiger charge is 2.13. The monoisotopic (exact) mass is 245 g/mol. The highest BCUT2D eigenvalue weighted by molar-refractivity contribution is 5.27. The molecule has 0 aromatic carbocycles. The largest absolute Gasteiger partial charge is 0.313 e. The molecule has 1 N–H and O–H groups in total. The first kappa shape index (κ1) is 13.6. The third-order valence-corrected chi connectivity index (χ3v) is 4.25. The first-order chi connectivity index (χ1) is 8.88. The number of hydrogen-bond donors (Lipinski definition) is 1. The van der Waals surface area contributed by atoms with E-state index in [9.17, 15) is 0 Å². The number of rotatable bonds is 3. The van der Waals surface area contributed by atoms with Crippen molar-refractivity contribution in [3.05, 3.63) is 36.0 Å². The van der Waals surface area contributed by atoms with Crippen molar-refractivity contribution in [1.82, 2.24) is 5.32 Å². The summed E-state index contributed by atoms with van der Waals surface area (Å²) in [6.07, 6.45) is 22.6. The van der Waals surface area contributed by atoms with E-state index in [0.29, 0.717) is 6.04 Å². The van der Waals surface area contributed by atoms with E-state index in [1.165, 1.54) is 50.5 Å². The summed E-state index contributed by atoms with van der Waals surface area (Å²) < 4.78 is 0. The smallest absolute Gasteiger partial charge is 0.0284 e. The molecule has 0 bridgehead atoms. The van der Waals surface area contributed by atoms with Gasteiger partial charge in [0.15, 0.2) is 0 Å². The van der Waals surface area contributed by atoms with E-state index in [1.807, 2.05) is 7.05 Å². The van der Waals surface area contributed by atoms with Crippen LogP contribution in [0.5, 0.6) is 0 Å². The van der Waals surface area contributed by atoms with Crippen LogP contribution in [0.15, 0.2) is 36.0 Å². The third kappa shape index (κ3) is 4.45. The lowest BCUT2D eigenvalue weighted by Crippen LogP contribution is -2.21. The van der Waals surface area contributed by atoms with Gasteiger partial charge in [-0.25, -0.2) is 0 Å². The Balaban J connectivity index is 1.91. The molecule has 18 heavy (non-hydrogen) atoms. The van der Waals surface area contributed by atoms with E-state index < -0.39 is 0 Å². The highest BCUT2D eigenvalue weighted by Crippen LogP contribution is 2.28. The molecular weight excluding hydrogens is 218 g/mol. The van der Waals surface area contributed by atoms with Crippen LogP contribution in [-0.4, -0.2) is 13.1 Å². The molecule has 0 aliphatic heterocycles. The van der Waals surface area contributed by atoms with Crippen LogP contribution < -0.4 is 5.32 Å². The van der Waals surface area contributed by atoms with Gasteiger partial charge in [-0.15, -0.1) is 0 Å². The van der Waals surface area contributed by atoms with E-state index in [1.54, 1.807) is 0 Å². The van der Waals surface area contributed by atoms with E-state index >= 15 is 0 Å². The number of nitrogens with one attached hydrogen (secondary N) is 1. The van der Waals surface area contributed by atoms with Crippen LogP contribution in [0.25, 0.3) is 0 Å². The average Bonchev–Trinajstić information content (AvgIpc) is 2.61. The van der Waals surface area contributed by atoms with Crippen molar-refractivity contribution in [3.63, 3.8) is 0 Å². The van der Waals surface area contributed by atoms with Gasteiger partial charge in [0.05, 0.1) is 0 Å². The summed E-state index contributed by atoms with van der Waals surface area (Å²) >= 11 is 0. The van der Waals surface area contributed by atoms with Gasteiger partial charge in [-0.05, 0) is 31.4 Å². The fourth-order valence-corrected chi connectivity index (χ4v) is 3.06. The van der Waals surface area contributed by atoms with E-state index in [-0.39, 0.29) is 0 Å². The molecule has 0 aromatic rings. The van der Waals surface area contributed by atoms with Crippen molar-refractivity contribution in [3.8, 4) is 0 Å². The van der Waals surface area contributed by atoms with Crippen molar-refractivity contribution >= 4 is 0 Å². The minimum absolute atomic E-state index is 0.497. The maximum atomic E-state index is 3.31. The lowest BCUT2D eigenvalue weighted by atomic mass is 9.91. The molecule has 0 saturated heterocycles. The summed E-state index contributed by atoms with van der Waals surface area (Å²) in [4.78, 5) is 0. The van der Waals surface area contributed by atoms with Crippen LogP contribution in [0.1, 0.15) is 51.4 Å². The zero-order valence-corrected chi connectivity index (χ0v) is 11.7. The second kappa shape index (κ2) is 7.58. The zero-order valence-electron chi connectivity index (χ0n) is 11.7. The maximum Gasteiger partial charge on any atom is 0.0284 e. The van der Waals surface area contributed by atoms with E-state index in [0.717, 1.165) is 12.3 Å². The summed E-state index contributed by atoms with van der Waals surface area (Å²) in [7, 11) is 2.03. The van der Waals surface area contributed by atoms with Gasteiger partial charge >= 0.3 is 0 Å². The van der Waals surface area contributed by atoms with Gasteiger partial charge in [-0.1, -0.05) is 68.9 Å². The summed E-state index contributed by atoms with van der Waals surface area (Å²) in [6.45, 7) is 0. The Bertz CT molecular complexity index is 317. The van der Waals surface area contributed by atoms with E-state index in [4.69, 9.17) is 0 Å². The third-order valence-electron chi connectivity index (χ3n) is 4.25. The molecule has 2 rings (SSSR count). The molecule has 1 atom stereocenters. The summed E-state index contributed by atoms with van der Waals surface area (Å²) in [5.41, 5.74) is 1.52. The van der Waals surface area contributed by atoms with Gasteiger partial charge < -0.3 is 5.32 Å². The fraction of sp³-hybridized carbons (Fsp3) is 0.647. The van der Waals surface area contributed by atoms with Crippen molar-refractivity contribution in [1.29, 1.82) is 0 Å². The average molecular weight is 245 g/mol. The van der Waals surface area contributed by atoms with Crippen molar-refractivity contribution in [2.75, 3.05) is 7.05 Å². The predicted octanol–water partition coefficient (Wildman–Crippen LogP) is 4.38. The SMILES string of the molecule is CNC1/C=C/C=C(CC2CCCCCC2)\C=C\C1. The quantitative estimate of drug-likeness (QED) is 0.728. The Morgan fingerprint density at radius 1 is 1.17 bits per heavy atom. The minimum atomic E-state index is 0.497. The van der Waals surface area contributed by atoms with Gasteiger partial charge in [-0.3, -0.25) is 0 Å². The molecule has 1 fully saturated rings. The molecule has 0 amide bonds. The normalized spacial score (nSPS) is 32.7. The van der Waals surface area contributed by atoms with Gasteiger partial charge in [0.2, 0.25) is 0 Å². The standard InChI is InChI=1S/C17H27N/c1-18-17-12-6-10-16(11-7-13-17)14-15-8-4-2-3-5-9-15/h6-7,10-12,15,17-18H,2-5,8-9,13-14H2,1H3/b11-7+,12-6+,16-10+. The predicted molar refractivity (Wildman–Crippen MR) is 79.6 cm³/mol. The topological polar surface area (TPSA) is 12.0 Å². The van der Waals surface area contributed by atoms with Crippen LogP contribution in [0, 0.1) is 5.92 Å². The fourth-order valence-electron chi connectivity index (χ4n) is 3.06. The van der Waals surface area contributed by atoms with Crippen molar-refractivity contribution in [2.24, 2.45) is 5.92 Å². The number of hydrogen-bond acceptors (Lipinski definition) is 1. The van der Waals surface area contributed by atoms with Crippen LogP contribution >= 0.6 is 0 Å². The Morgan fingerprint density at radius 2 is 1.94 bits per heavy atom. The van der Waals surface area contributed by atoms with Crippen LogP contribution in [0.2, 0.25) is 0 Å². The molecule has 2 aliphatic rings. The molecule has 1 nitrogen and oxygen atoms in total. The molecular formula is C17H27N. The summed E-state index contributed by atoms with van der Waals surface area (Å²) in [6, 6.07) is 0.497. The molecule has 0 radical (unpaired) electrons. The highest BCUT2D eigenvalue weighted by atomic mass is 14.8. The van der Waals surface area contributed by atoms with Crippen molar-refractivity contribution < 1.29 is 0 Å². The van der Waals surface area contributed by atoms with Gasteiger partial charge in [0.1, 0.15) is 0 Å². The zero-order chi connectivity index (χ0) is 12.6. The molecule has 1 unspecified atom stereocenters.